The van der Waals surface area contributed by atoms with Crippen molar-refractivity contribution in [2.45, 2.75) is 25.9 Å². The van der Waals surface area contributed by atoms with Crippen LogP contribution in [0.4, 0.5) is 19.0 Å². The van der Waals surface area contributed by atoms with E-state index in [1.54, 1.807) is 0 Å². The third-order valence-corrected chi connectivity index (χ3v) is 2.41. The van der Waals surface area contributed by atoms with Crippen molar-refractivity contribution in [2.75, 3.05) is 19.3 Å². The van der Waals surface area contributed by atoms with Crippen LogP contribution < -0.4 is 5.73 Å². The molecule has 7 heteroatoms. The van der Waals surface area contributed by atoms with Crippen molar-refractivity contribution in [2.24, 2.45) is 0 Å². The average Bonchev–Trinajstić information content (AvgIpc) is 2.25. The number of nitrogens with zero attached hydrogens (tertiary/aromatic N) is 2. The molecule has 1 heterocycles. The minimum atomic E-state index is -4.42. The molecule has 0 saturated heterocycles. The number of amides is 1. The first-order valence-electron chi connectivity index (χ1n) is 5.81. The smallest absolute Gasteiger partial charge is 0.384 e. The number of pyridine rings is 1. The predicted molar refractivity (Wildman–Crippen MR) is 65.7 cm³/mol. The van der Waals surface area contributed by atoms with E-state index in [0.29, 0.717) is 17.0 Å². The maximum absolute atomic E-state index is 12.2. The number of carbonyl (C=O) groups is 1. The third kappa shape index (κ3) is 4.76. The van der Waals surface area contributed by atoms with Gasteiger partial charge in [-0.25, -0.2) is 4.98 Å². The molecule has 0 aliphatic carbocycles. The summed E-state index contributed by atoms with van der Waals surface area (Å²) in [5.41, 5.74) is 6.28. The van der Waals surface area contributed by atoms with Crippen LogP contribution in [0.3, 0.4) is 0 Å². The van der Waals surface area contributed by atoms with Crippen LogP contribution in [0.2, 0.25) is 0 Å². The maximum Gasteiger partial charge on any atom is 0.406 e. The molecule has 0 bridgehead atoms. The second-order valence-corrected chi connectivity index (χ2v) is 4.30. The van der Waals surface area contributed by atoms with Gasteiger partial charge in [0.25, 0.3) is 5.91 Å². The van der Waals surface area contributed by atoms with Gasteiger partial charge in [0.1, 0.15) is 12.4 Å². The minimum Gasteiger partial charge on any atom is -0.384 e. The summed E-state index contributed by atoms with van der Waals surface area (Å²) >= 11 is 0. The number of aromatic nitrogens is 1. The number of nitrogen functional groups attached to an aromatic ring is 1. The first kappa shape index (κ1) is 15.3. The summed E-state index contributed by atoms with van der Waals surface area (Å²) in [5, 5.41) is 0. The highest BCUT2D eigenvalue weighted by Crippen LogP contribution is 2.18. The highest BCUT2D eigenvalue weighted by Gasteiger charge is 2.31. The number of halogens is 3. The Hall–Kier alpha value is -1.79. The van der Waals surface area contributed by atoms with Gasteiger partial charge in [0.05, 0.1) is 0 Å². The summed E-state index contributed by atoms with van der Waals surface area (Å²) in [6, 6.07) is 2.77. The molecule has 1 rings (SSSR count). The van der Waals surface area contributed by atoms with Crippen LogP contribution in [0, 0.1) is 0 Å². The van der Waals surface area contributed by atoms with Crippen molar-refractivity contribution in [1.29, 1.82) is 0 Å². The number of anilines is 1. The van der Waals surface area contributed by atoms with E-state index in [0.717, 1.165) is 13.5 Å². The Labute approximate surface area is 109 Å². The van der Waals surface area contributed by atoms with Crippen molar-refractivity contribution in [1.82, 2.24) is 9.88 Å². The van der Waals surface area contributed by atoms with Gasteiger partial charge in [-0.15, -0.1) is 0 Å². The van der Waals surface area contributed by atoms with Gasteiger partial charge in [-0.2, -0.15) is 13.2 Å². The minimum absolute atomic E-state index is 0.128. The second-order valence-electron chi connectivity index (χ2n) is 4.30. The van der Waals surface area contributed by atoms with Gasteiger partial charge >= 0.3 is 6.18 Å². The summed E-state index contributed by atoms with van der Waals surface area (Å²) in [4.78, 5) is 16.5. The zero-order valence-corrected chi connectivity index (χ0v) is 10.8. The Bertz CT molecular complexity index is 460. The van der Waals surface area contributed by atoms with E-state index < -0.39 is 18.6 Å². The molecule has 106 valence electrons. The van der Waals surface area contributed by atoms with Crippen LogP contribution in [-0.4, -0.2) is 35.6 Å². The zero-order chi connectivity index (χ0) is 14.6. The number of hydrogen-bond donors (Lipinski definition) is 1. The van der Waals surface area contributed by atoms with Crippen LogP contribution in [0.5, 0.6) is 0 Å². The molecular formula is C12H16F3N3O. The Morgan fingerprint density at radius 1 is 1.42 bits per heavy atom. The van der Waals surface area contributed by atoms with Gasteiger partial charge in [-0.3, -0.25) is 4.79 Å². The highest BCUT2D eigenvalue weighted by molar-refractivity contribution is 5.94. The normalized spacial score (nSPS) is 11.4. The SMILES string of the molecule is CCCc1cc(C(=O)N(C)CC(F)(F)F)cc(N)n1. The molecule has 0 radical (unpaired) electrons. The van der Waals surface area contributed by atoms with Gasteiger partial charge in [-0.05, 0) is 18.6 Å². The molecular weight excluding hydrogens is 259 g/mol. The molecule has 0 saturated carbocycles. The van der Waals surface area contributed by atoms with E-state index in [1.165, 1.54) is 12.1 Å². The Balaban J connectivity index is 2.92. The fourth-order valence-electron chi connectivity index (χ4n) is 1.68. The summed E-state index contributed by atoms with van der Waals surface area (Å²) in [7, 11) is 1.10. The van der Waals surface area contributed by atoms with Crippen molar-refractivity contribution < 1.29 is 18.0 Å². The molecule has 19 heavy (non-hydrogen) atoms. The van der Waals surface area contributed by atoms with E-state index in [1.807, 2.05) is 6.92 Å². The first-order valence-corrected chi connectivity index (χ1v) is 5.81. The summed E-state index contributed by atoms with van der Waals surface area (Å²) in [6.07, 6.45) is -2.99. The molecule has 1 amide bonds. The zero-order valence-electron chi connectivity index (χ0n) is 10.8. The number of rotatable bonds is 4. The van der Waals surface area contributed by atoms with Crippen LogP contribution in [0.25, 0.3) is 0 Å². The number of alkyl halides is 3. The monoisotopic (exact) mass is 275 g/mol. The van der Waals surface area contributed by atoms with Crippen LogP contribution in [-0.2, 0) is 6.42 Å². The van der Waals surface area contributed by atoms with Crippen LogP contribution in [0.1, 0.15) is 29.4 Å². The van der Waals surface area contributed by atoms with Gasteiger partial charge in [0.15, 0.2) is 0 Å². The van der Waals surface area contributed by atoms with Crippen LogP contribution in [0.15, 0.2) is 12.1 Å². The van der Waals surface area contributed by atoms with Crippen molar-refractivity contribution in [3.63, 3.8) is 0 Å². The lowest BCUT2D eigenvalue weighted by Crippen LogP contribution is -2.35. The quantitative estimate of drug-likeness (QED) is 0.916. The van der Waals surface area contributed by atoms with Crippen molar-refractivity contribution in [3.8, 4) is 0 Å². The molecule has 0 aromatic carbocycles. The Morgan fingerprint density at radius 2 is 2.05 bits per heavy atom. The van der Waals surface area contributed by atoms with Crippen molar-refractivity contribution >= 4 is 11.7 Å². The molecule has 4 nitrogen and oxygen atoms in total. The molecule has 2 N–H and O–H groups in total. The summed E-state index contributed by atoms with van der Waals surface area (Å²) in [6.45, 7) is 0.638. The van der Waals surface area contributed by atoms with E-state index in [2.05, 4.69) is 4.98 Å². The van der Waals surface area contributed by atoms with Crippen LogP contribution >= 0.6 is 0 Å². The third-order valence-electron chi connectivity index (χ3n) is 2.41. The number of hydrogen-bond acceptors (Lipinski definition) is 3. The number of nitrogens with two attached hydrogens (primary N) is 1. The Morgan fingerprint density at radius 3 is 2.58 bits per heavy atom. The molecule has 0 spiro atoms. The van der Waals surface area contributed by atoms with E-state index in [-0.39, 0.29) is 11.4 Å². The van der Waals surface area contributed by atoms with Gasteiger partial charge in [0, 0.05) is 18.3 Å². The number of aryl methyl sites for hydroxylation is 1. The van der Waals surface area contributed by atoms with E-state index in [9.17, 15) is 18.0 Å². The molecule has 1 aromatic heterocycles. The Kier molecular flexibility index (Phi) is 4.74. The first-order chi connectivity index (χ1) is 8.73. The van der Waals surface area contributed by atoms with E-state index >= 15 is 0 Å². The maximum atomic E-state index is 12.2. The topological polar surface area (TPSA) is 59.2 Å². The van der Waals surface area contributed by atoms with Gasteiger partial charge < -0.3 is 10.6 Å². The average molecular weight is 275 g/mol. The summed E-state index contributed by atoms with van der Waals surface area (Å²) < 4.78 is 36.7. The second kappa shape index (κ2) is 5.90. The molecule has 1 aromatic rings. The molecule has 0 unspecified atom stereocenters. The fraction of sp³-hybridized carbons (Fsp3) is 0.500. The predicted octanol–water partition coefficient (Wildman–Crippen LogP) is 2.25. The lowest BCUT2D eigenvalue weighted by atomic mass is 10.1. The molecule has 0 aliphatic rings. The van der Waals surface area contributed by atoms with E-state index in [4.69, 9.17) is 5.73 Å². The standard InChI is InChI=1S/C12H16F3N3O/c1-3-4-9-5-8(6-10(16)17-9)11(19)18(2)7-12(13,14)15/h5-6H,3-4,7H2,1-2H3,(H2,16,17). The number of carbonyl (C=O) groups excluding carboxylic acids is 1. The summed E-state index contributed by atoms with van der Waals surface area (Å²) in [5.74, 6) is -0.585. The fourth-order valence-corrected chi connectivity index (χ4v) is 1.68. The highest BCUT2D eigenvalue weighted by atomic mass is 19.4. The molecule has 0 fully saturated rings. The van der Waals surface area contributed by atoms with Crippen molar-refractivity contribution in [3.05, 3.63) is 23.4 Å². The van der Waals surface area contributed by atoms with Gasteiger partial charge in [0.2, 0.25) is 0 Å². The molecule has 0 atom stereocenters. The lowest BCUT2D eigenvalue weighted by molar-refractivity contribution is -0.138. The molecule has 0 aliphatic heterocycles. The largest absolute Gasteiger partial charge is 0.406 e. The lowest BCUT2D eigenvalue weighted by Gasteiger charge is -2.19. The van der Waals surface area contributed by atoms with Gasteiger partial charge in [-0.1, -0.05) is 13.3 Å².